The molecule has 1 aromatic carbocycles. The van der Waals surface area contributed by atoms with Gasteiger partial charge in [-0.1, -0.05) is 17.7 Å². The smallest absolute Gasteiger partial charge is 0.275 e. The maximum atomic E-state index is 11.1. The van der Waals surface area contributed by atoms with Crippen molar-refractivity contribution in [1.82, 2.24) is 10.7 Å². The van der Waals surface area contributed by atoms with Crippen LogP contribution in [0.3, 0.4) is 0 Å². The summed E-state index contributed by atoms with van der Waals surface area (Å²) in [5, 5.41) is 3.67. The summed E-state index contributed by atoms with van der Waals surface area (Å²) < 4.78 is 0. The number of imide groups is 1. The number of hydrazine groups is 1. The predicted molar refractivity (Wildman–Crippen MR) is 55.2 cm³/mol. The van der Waals surface area contributed by atoms with E-state index >= 15 is 0 Å². The summed E-state index contributed by atoms with van der Waals surface area (Å²) in [5.41, 5.74) is 4.47. The Bertz CT molecular complexity index is 384. The van der Waals surface area contributed by atoms with Gasteiger partial charge < -0.3 is 0 Å². The molecule has 5 nitrogen and oxygen atoms in total. The summed E-state index contributed by atoms with van der Waals surface area (Å²) in [7, 11) is 0. The van der Waals surface area contributed by atoms with E-state index in [-0.39, 0.29) is 12.5 Å². The number of hydrogen-bond donors (Lipinski definition) is 2. The molecule has 0 saturated carbocycles. The summed E-state index contributed by atoms with van der Waals surface area (Å²) in [5.74, 6) is -0.306. The fraction of sp³-hybridized carbons (Fsp3) is 0.200. The lowest BCUT2D eigenvalue weighted by atomic mass is 10.2. The van der Waals surface area contributed by atoms with E-state index in [9.17, 15) is 9.59 Å². The number of nitrogens with zero attached hydrogens (tertiary/aromatic N) is 1. The van der Waals surface area contributed by atoms with Gasteiger partial charge in [0.1, 0.15) is 6.54 Å². The summed E-state index contributed by atoms with van der Waals surface area (Å²) >= 11 is 0. The number of hydrogen-bond acceptors (Lipinski definition) is 3. The van der Waals surface area contributed by atoms with Crippen LogP contribution in [0.1, 0.15) is 5.56 Å². The van der Waals surface area contributed by atoms with Gasteiger partial charge in [0, 0.05) is 0 Å². The first-order chi connectivity index (χ1) is 7.15. The van der Waals surface area contributed by atoms with E-state index in [4.69, 9.17) is 0 Å². The second-order valence-corrected chi connectivity index (χ2v) is 3.41. The average molecular weight is 205 g/mol. The summed E-state index contributed by atoms with van der Waals surface area (Å²) in [6.07, 6.45) is 0. The van der Waals surface area contributed by atoms with Crippen molar-refractivity contribution >= 4 is 17.6 Å². The molecule has 0 aromatic heterocycles. The minimum absolute atomic E-state index is 0.134. The van der Waals surface area contributed by atoms with Gasteiger partial charge in [0.15, 0.2) is 0 Å². The van der Waals surface area contributed by atoms with Crippen molar-refractivity contribution in [2.24, 2.45) is 0 Å². The molecule has 3 amide bonds. The molecule has 15 heavy (non-hydrogen) atoms. The van der Waals surface area contributed by atoms with E-state index in [0.29, 0.717) is 0 Å². The van der Waals surface area contributed by atoms with E-state index in [1.165, 1.54) is 5.01 Å². The van der Waals surface area contributed by atoms with Crippen LogP contribution in [0.5, 0.6) is 0 Å². The largest absolute Gasteiger partial charge is 0.340 e. The highest BCUT2D eigenvalue weighted by molar-refractivity contribution is 6.00. The predicted octanol–water partition coefficient (Wildman–Crippen LogP) is 0.556. The third-order valence-corrected chi connectivity index (χ3v) is 2.14. The van der Waals surface area contributed by atoms with Crippen LogP contribution in [-0.2, 0) is 4.79 Å². The lowest BCUT2D eigenvalue weighted by Crippen LogP contribution is -2.59. The summed E-state index contributed by atoms with van der Waals surface area (Å²) in [6.45, 7) is 2.11. The highest BCUT2D eigenvalue weighted by Gasteiger charge is 2.21. The lowest BCUT2D eigenvalue weighted by molar-refractivity contribution is -0.119. The molecule has 1 fully saturated rings. The van der Waals surface area contributed by atoms with Crippen LogP contribution in [0, 0.1) is 6.92 Å². The molecule has 0 aliphatic carbocycles. The van der Waals surface area contributed by atoms with Crippen LogP contribution >= 0.6 is 0 Å². The molecule has 2 N–H and O–H groups in total. The normalized spacial score (nSPS) is 15.9. The van der Waals surface area contributed by atoms with Gasteiger partial charge in [-0.15, -0.1) is 0 Å². The Labute approximate surface area is 87.0 Å². The molecule has 1 heterocycles. The number of nitrogens with one attached hydrogen (secondary N) is 2. The molecule has 0 radical (unpaired) electrons. The highest BCUT2D eigenvalue weighted by atomic mass is 16.2. The zero-order valence-corrected chi connectivity index (χ0v) is 8.28. The number of benzene rings is 1. The summed E-state index contributed by atoms with van der Waals surface area (Å²) in [6, 6.07) is 7.07. The fourth-order valence-electron chi connectivity index (χ4n) is 1.38. The van der Waals surface area contributed by atoms with Gasteiger partial charge in [-0.25, -0.2) is 10.2 Å². The number of anilines is 1. The van der Waals surface area contributed by atoms with Crippen molar-refractivity contribution in [3.8, 4) is 0 Å². The average Bonchev–Trinajstić information content (AvgIpc) is 2.17. The monoisotopic (exact) mass is 205 g/mol. The minimum atomic E-state index is -0.494. The summed E-state index contributed by atoms with van der Waals surface area (Å²) in [4.78, 5) is 22.1. The van der Waals surface area contributed by atoms with Crippen LogP contribution in [0.2, 0.25) is 0 Å². The molecular formula is C10H11N3O2. The first kappa shape index (κ1) is 9.51. The van der Waals surface area contributed by atoms with Crippen LogP contribution < -0.4 is 15.8 Å². The molecule has 0 spiro atoms. The number of urea groups is 1. The van der Waals surface area contributed by atoms with E-state index in [0.717, 1.165) is 11.3 Å². The Morgan fingerprint density at radius 3 is 2.47 bits per heavy atom. The van der Waals surface area contributed by atoms with Gasteiger partial charge in [-0.3, -0.25) is 15.1 Å². The second-order valence-electron chi connectivity index (χ2n) is 3.41. The zero-order chi connectivity index (χ0) is 10.8. The molecule has 78 valence electrons. The van der Waals surface area contributed by atoms with E-state index in [1.54, 1.807) is 0 Å². The van der Waals surface area contributed by atoms with Crippen LogP contribution in [0.15, 0.2) is 24.3 Å². The molecule has 1 saturated heterocycles. The number of carbonyl (C=O) groups is 2. The van der Waals surface area contributed by atoms with E-state index in [2.05, 4.69) is 10.7 Å². The topological polar surface area (TPSA) is 61.4 Å². The minimum Gasteiger partial charge on any atom is -0.275 e. The lowest BCUT2D eigenvalue weighted by Gasteiger charge is -2.28. The molecule has 1 aromatic rings. The first-order valence-electron chi connectivity index (χ1n) is 4.60. The molecule has 5 heteroatoms. The number of carbonyl (C=O) groups excluding carboxylic acids is 2. The third kappa shape index (κ3) is 2.07. The molecule has 0 atom stereocenters. The molecule has 1 aliphatic heterocycles. The number of aryl methyl sites for hydroxylation is 1. The Hall–Kier alpha value is -2.04. The van der Waals surface area contributed by atoms with E-state index in [1.807, 2.05) is 31.2 Å². The molecule has 0 unspecified atom stereocenters. The molecule has 0 bridgehead atoms. The van der Waals surface area contributed by atoms with Crippen molar-refractivity contribution in [3.63, 3.8) is 0 Å². The van der Waals surface area contributed by atoms with Gasteiger partial charge >= 0.3 is 6.03 Å². The SMILES string of the molecule is Cc1ccc(N2CC(=O)NC(=O)N2)cc1. The zero-order valence-electron chi connectivity index (χ0n) is 8.28. The van der Waals surface area contributed by atoms with Gasteiger partial charge in [0.05, 0.1) is 5.69 Å². The number of amides is 3. The van der Waals surface area contributed by atoms with Crippen molar-refractivity contribution in [2.75, 3.05) is 11.6 Å². The fourth-order valence-corrected chi connectivity index (χ4v) is 1.38. The van der Waals surface area contributed by atoms with Gasteiger partial charge in [-0.05, 0) is 19.1 Å². The van der Waals surface area contributed by atoms with Crippen molar-refractivity contribution in [3.05, 3.63) is 29.8 Å². The second kappa shape index (κ2) is 3.61. The maximum absolute atomic E-state index is 11.1. The highest BCUT2D eigenvalue weighted by Crippen LogP contribution is 2.13. The quantitative estimate of drug-likeness (QED) is 0.704. The van der Waals surface area contributed by atoms with Crippen molar-refractivity contribution in [2.45, 2.75) is 6.92 Å². The molecule has 2 rings (SSSR count). The van der Waals surface area contributed by atoms with E-state index < -0.39 is 6.03 Å². The standard InChI is InChI=1S/C10H11N3O2/c1-7-2-4-8(5-3-7)13-6-9(14)11-10(15)12-13/h2-5H,6H2,1H3,(H2,11,12,14,15). The Morgan fingerprint density at radius 1 is 1.20 bits per heavy atom. The van der Waals surface area contributed by atoms with Gasteiger partial charge in [-0.2, -0.15) is 0 Å². The maximum Gasteiger partial charge on any atom is 0.340 e. The van der Waals surface area contributed by atoms with Crippen LogP contribution in [0.4, 0.5) is 10.5 Å². The molecular weight excluding hydrogens is 194 g/mol. The third-order valence-electron chi connectivity index (χ3n) is 2.14. The van der Waals surface area contributed by atoms with Gasteiger partial charge in [0.25, 0.3) is 0 Å². The Balaban J connectivity index is 2.19. The molecule has 1 aliphatic rings. The number of rotatable bonds is 1. The first-order valence-corrected chi connectivity index (χ1v) is 4.60. The Morgan fingerprint density at radius 2 is 1.87 bits per heavy atom. The van der Waals surface area contributed by atoms with Crippen molar-refractivity contribution < 1.29 is 9.59 Å². The Kier molecular flexibility index (Phi) is 2.29. The van der Waals surface area contributed by atoms with Gasteiger partial charge in [0.2, 0.25) is 5.91 Å². The van der Waals surface area contributed by atoms with Crippen LogP contribution in [-0.4, -0.2) is 18.5 Å². The van der Waals surface area contributed by atoms with Crippen molar-refractivity contribution in [1.29, 1.82) is 0 Å². The van der Waals surface area contributed by atoms with Crippen LogP contribution in [0.25, 0.3) is 0 Å².